The molecule has 0 amide bonds. The van der Waals surface area contributed by atoms with Gasteiger partial charge in [0.1, 0.15) is 14.9 Å². The fourth-order valence-corrected chi connectivity index (χ4v) is 4.98. The lowest BCUT2D eigenvalue weighted by atomic mass is 9.84. The van der Waals surface area contributed by atoms with Crippen LogP contribution in [0, 0.1) is 0 Å². The van der Waals surface area contributed by atoms with Crippen molar-refractivity contribution in [3.63, 3.8) is 0 Å². The molecule has 1 saturated heterocycles. The summed E-state index contributed by atoms with van der Waals surface area (Å²) in [6.45, 7) is 8.05. The summed E-state index contributed by atoms with van der Waals surface area (Å²) in [5, 5.41) is 3.23. The summed E-state index contributed by atoms with van der Waals surface area (Å²) in [6, 6.07) is 35.0. The molecule has 0 radical (unpaired) electrons. The van der Waals surface area contributed by atoms with Gasteiger partial charge in [0.25, 0.3) is 0 Å². The molecule has 1 fully saturated rings. The van der Waals surface area contributed by atoms with Crippen LogP contribution in [-0.4, -0.2) is 38.3 Å². The predicted molar refractivity (Wildman–Crippen MR) is 184 cm³/mol. The summed E-state index contributed by atoms with van der Waals surface area (Å²) in [5.41, 5.74) is 3.65. The number of aromatic nitrogens is 4. The molecule has 4 aromatic heterocycles. The van der Waals surface area contributed by atoms with Crippen LogP contribution in [0.15, 0.2) is 114 Å². The number of hydrogen-bond donors (Lipinski definition) is 0. The second-order valence-corrected chi connectivity index (χ2v) is 12.6. The minimum absolute atomic E-state index is 0.346. The molecule has 6 nitrogen and oxygen atoms in total. The molecule has 10 heteroatoms. The minimum atomic E-state index is -0.441. The van der Waals surface area contributed by atoms with E-state index < -0.39 is 7.12 Å². The van der Waals surface area contributed by atoms with Crippen LogP contribution in [0.4, 0.5) is 0 Å². The topological polar surface area (TPSA) is 70.0 Å². The fraction of sp³-hybridized carbons (Fsp3) is 0.176. The van der Waals surface area contributed by atoms with Crippen LogP contribution >= 0.6 is 39.1 Å². The molecule has 1 aliphatic heterocycles. The van der Waals surface area contributed by atoms with Crippen molar-refractivity contribution in [1.29, 1.82) is 0 Å². The van der Waals surface area contributed by atoms with E-state index in [1.807, 2.05) is 119 Å². The Kier molecular flexibility index (Phi) is 9.98. The number of para-hydroxylation sites is 2. The number of hydrogen-bond acceptors (Lipinski definition) is 6. The summed E-state index contributed by atoms with van der Waals surface area (Å²) >= 11 is 15.0. The number of rotatable bonds is 2. The molecule has 7 rings (SSSR count). The van der Waals surface area contributed by atoms with Crippen molar-refractivity contribution >= 4 is 73.6 Å². The number of pyridine rings is 4. The third kappa shape index (κ3) is 7.81. The average molecular weight is 688 g/mol. The molecule has 44 heavy (non-hydrogen) atoms. The first-order valence-corrected chi connectivity index (χ1v) is 15.5. The van der Waals surface area contributed by atoms with Gasteiger partial charge in [0.15, 0.2) is 0 Å². The first-order valence-electron chi connectivity index (χ1n) is 14.0. The van der Waals surface area contributed by atoms with Crippen LogP contribution in [0.25, 0.3) is 33.2 Å². The molecule has 1 aliphatic rings. The van der Waals surface area contributed by atoms with Crippen LogP contribution in [0.2, 0.25) is 10.3 Å². The van der Waals surface area contributed by atoms with Crippen LogP contribution in [0.3, 0.4) is 0 Å². The Labute approximate surface area is 276 Å². The van der Waals surface area contributed by atoms with Crippen molar-refractivity contribution in [3.8, 4) is 11.4 Å². The van der Waals surface area contributed by atoms with Crippen molar-refractivity contribution in [3.05, 3.63) is 124 Å². The lowest BCUT2D eigenvalue weighted by Gasteiger charge is -2.32. The molecule has 222 valence electrons. The predicted octanol–water partition coefficient (Wildman–Crippen LogP) is 8.98. The molecule has 0 aliphatic carbocycles. The monoisotopic (exact) mass is 686 g/mol. The Morgan fingerprint density at radius 1 is 0.545 bits per heavy atom. The highest BCUT2D eigenvalue weighted by Gasteiger charge is 2.52. The molecule has 0 spiro atoms. The van der Waals surface area contributed by atoms with E-state index in [0.717, 1.165) is 32.4 Å². The van der Waals surface area contributed by atoms with Gasteiger partial charge in [0, 0.05) is 10.8 Å². The Morgan fingerprint density at radius 2 is 1.07 bits per heavy atom. The molecule has 0 N–H and O–H groups in total. The third-order valence-corrected chi connectivity index (χ3v) is 8.23. The summed E-state index contributed by atoms with van der Waals surface area (Å²) in [4.78, 5) is 17.3. The van der Waals surface area contributed by atoms with Gasteiger partial charge in [0.05, 0.1) is 39.2 Å². The maximum Gasteiger partial charge on any atom is 0.514 e. The Morgan fingerprint density at radius 3 is 1.68 bits per heavy atom. The maximum absolute atomic E-state index is 5.87. The van der Waals surface area contributed by atoms with Gasteiger partial charge in [-0.15, -0.1) is 0 Å². The Balaban J connectivity index is 0.000000134. The van der Waals surface area contributed by atoms with Gasteiger partial charge in [-0.1, -0.05) is 83.9 Å². The standard InChI is InChI=1S/C14H9ClN2.C11H15BClNO2.C9H6BrN/c15-14-7-3-6-12(17-14)13-9-8-10-4-1-2-5-11(10)16-13;1-10(2)11(3,4)16-12(15-10)8-6-5-7-9(13)14-8;10-9-6-5-7-3-1-2-4-8(7)11-9/h1-9H;5-7H,1-4H3;1-6H. The third-order valence-electron chi connectivity index (χ3n) is 7.37. The molecule has 0 saturated carbocycles. The smallest absolute Gasteiger partial charge is 0.398 e. The second-order valence-electron chi connectivity index (χ2n) is 11.0. The molecular weight excluding hydrogens is 658 g/mol. The van der Waals surface area contributed by atoms with Gasteiger partial charge in [-0.2, -0.15) is 0 Å². The van der Waals surface area contributed by atoms with Crippen molar-refractivity contribution < 1.29 is 9.31 Å². The summed E-state index contributed by atoms with van der Waals surface area (Å²) < 4.78 is 12.6. The molecule has 6 aromatic rings. The van der Waals surface area contributed by atoms with E-state index in [0.29, 0.717) is 15.9 Å². The van der Waals surface area contributed by atoms with Crippen LogP contribution in [-0.2, 0) is 9.31 Å². The van der Waals surface area contributed by atoms with E-state index in [-0.39, 0.29) is 11.2 Å². The van der Waals surface area contributed by atoms with Crippen LogP contribution in [0.1, 0.15) is 27.7 Å². The first-order chi connectivity index (χ1) is 21.0. The molecule has 2 aromatic carbocycles. The molecular formula is C34H30BBrCl2N4O2. The van der Waals surface area contributed by atoms with Gasteiger partial charge < -0.3 is 9.31 Å². The lowest BCUT2D eigenvalue weighted by Crippen LogP contribution is -2.41. The van der Waals surface area contributed by atoms with E-state index >= 15 is 0 Å². The maximum atomic E-state index is 5.87. The van der Waals surface area contributed by atoms with Crippen LogP contribution < -0.4 is 5.59 Å². The largest absolute Gasteiger partial charge is 0.514 e. The van der Waals surface area contributed by atoms with Gasteiger partial charge in [0.2, 0.25) is 0 Å². The van der Waals surface area contributed by atoms with Crippen LogP contribution in [0.5, 0.6) is 0 Å². The highest BCUT2D eigenvalue weighted by molar-refractivity contribution is 9.10. The van der Waals surface area contributed by atoms with Gasteiger partial charge >= 0.3 is 7.12 Å². The summed E-state index contributed by atoms with van der Waals surface area (Å²) in [7, 11) is -0.441. The SMILES string of the molecule is Brc1ccc2ccccc2n1.CC1(C)OB(c2cccc(Cl)n2)OC1(C)C.Clc1cccc(-c2ccc3ccccc3n2)n1. The minimum Gasteiger partial charge on any atom is -0.398 e. The summed E-state index contributed by atoms with van der Waals surface area (Å²) in [5.74, 6) is 0. The zero-order chi connectivity index (χ0) is 31.3. The van der Waals surface area contributed by atoms with E-state index in [1.54, 1.807) is 12.1 Å². The average Bonchev–Trinajstić information content (AvgIpc) is 3.23. The van der Waals surface area contributed by atoms with E-state index in [9.17, 15) is 0 Å². The number of nitrogens with zero attached hydrogens (tertiary/aromatic N) is 4. The molecule has 0 atom stereocenters. The Bertz CT molecular complexity index is 1890. The first kappa shape index (κ1) is 32.0. The van der Waals surface area contributed by atoms with Gasteiger partial charge in [-0.05, 0) is 92.2 Å². The van der Waals surface area contributed by atoms with E-state index in [2.05, 4.69) is 41.9 Å². The van der Waals surface area contributed by atoms with Crippen molar-refractivity contribution in [2.24, 2.45) is 0 Å². The van der Waals surface area contributed by atoms with Crippen molar-refractivity contribution in [2.75, 3.05) is 0 Å². The van der Waals surface area contributed by atoms with Crippen molar-refractivity contribution in [2.45, 2.75) is 38.9 Å². The van der Waals surface area contributed by atoms with Gasteiger partial charge in [-0.25, -0.2) is 19.9 Å². The highest BCUT2D eigenvalue weighted by Crippen LogP contribution is 2.36. The number of halogens is 3. The van der Waals surface area contributed by atoms with Gasteiger partial charge in [-0.3, -0.25) is 0 Å². The quantitative estimate of drug-likeness (QED) is 0.134. The molecule has 5 heterocycles. The Hall–Kier alpha value is -3.40. The lowest BCUT2D eigenvalue weighted by molar-refractivity contribution is 0.00578. The molecule has 0 bridgehead atoms. The summed E-state index contributed by atoms with van der Waals surface area (Å²) in [6.07, 6.45) is 0. The normalized spacial score (nSPS) is 14.8. The fourth-order valence-electron chi connectivity index (χ4n) is 4.32. The number of benzene rings is 2. The molecule has 0 unspecified atom stereocenters. The van der Waals surface area contributed by atoms with E-state index in [1.165, 1.54) is 5.39 Å². The zero-order valence-corrected chi connectivity index (χ0v) is 27.8. The highest BCUT2D eigenvalue weighted by atomic mass is 79.9. The van der Waals surface area contributed by atoms with Crippen molar-refractivity contribution in [1.82, 2.24) is 19.9 Å². The van der Waals surface area contributed by atoms with E-state index in [4.69, 9.17) is 32.5 Å². The number of fused-ring (bicyclic) bond motifs is 2. The second kappa shape index (κ2) is 13.7. The zero-order valence-electron chi connectivity index (χ0n) is 24.7.